The van der Waals surface area contributed by atoms with Crippen molar-refractivity contribution >= 4 is 0 Å². The Labute approximate surface area is 125 Å². The molecule has 2 unspecified atom stereocenters. The molecule has 2 atom stereocenters. The molecule has 0 aliphatic heterocycles. The van der Waals surface area contributed by atoms with Crippen LogP contribution >= 0.6 is 0 Å². The summed E-state index contributed by atoms with van der Waals surface area (Å²) in [6.45, 7) is 14.8. The zero-order chi connectivity index (χ0) is 15.0. The maximum Gasteiger partial charge on any atom is 0.0109 e. The first-order chi connectivity index (χ1) is 9.29. The molecule has 1 aliphatic carbocycles. The second-order valence-electron chi connectivity index (χ2n) is 7.83. The van der Waals surface area contributed by atoms with Crippen molar-refractivity contribution in [1.82, 2.24) is 5.32 Å². The van der Waals surface area contributed by atoms with Gasteiger partial charge in [0.05, 0.1) is 0 Å². The first kappa shape index (κ1) is 15.6. The van der Waals surface area contributed by atoms with Gasteiger partial charge < -0.3 is 5.32 Å². The topological polar surface area (TPSA) is 12.0 Å². The largest absolute Gasteiger partial charge is 0.314 e. The molecule has 1 saturated carbocycles. The summed E-state index contributed by atoms with van der Waals surface area (Å²) in [5.41, 5.74) is 3.61. The number of nitrogens with one attached hydrogen (secondary N) is 1. The summed E-state index contributed by atoms with van der Waals surface area (Å²) in [7, 11) is 0. The van der Waals surface area contributed by atoms with Crippen LogP contribution in [0, 0.1) is 5.92 Å². The third-order valence-corrected chi connectivity index (χ3v) is 4.88. The van der Waals surface area contributed by atoms with Gasteiger partial charge in [0, 0.05) is 18.0 Å². The predicted molar refractivity (Wildman–Crippen MR) is 88.4 cm³/mol. The van der Waals surface area contributed by atoms with Crippen molar-refractivity contribution < 1.29 is 0 Å². The molecule has 1 nitrogen and oxygen atoms in total. The summed E-state index contributed by atoms with van der Waals surface area (Å²) < 4.78 is 0. The third kappa shape index (κ3) is 3.09. The summed E-state index contributed by atoms with van der Waals surface area (Å²) >= 11 is 0. The fourth-order valence-electron chi connectivity index (χ4n) is 3.28. The van der Waals surface area contributed by atoms with Crippen LogP contribution in [0.25, 0.3) is 0 Å². The second-order valence-corrected chi connectivity index (χ2v) is 7.83. The van der Waals surface area contributed by atoms with E-state index in [2.05, 4.69) is 71.1 Å². The monoisotopic (exact) mass is 273 g/mol. The second kappa shape index (κ2) is 5.52. The first-order valence-corrected chi connectivity index (χ1v) is 8.14. The van der Waals surface area contributed by atoms with E-state index in [1.165, 1.54) is 24.0 Å². The number of rotatable bonds is 5. The molecule has 20 heavy (non-hydrogen) atoms. The molecule has 1 aromatic rings. The van der Waals surface area contributed by atoms with E-state index in [1.807, 2.05) is 0 Å². The lowest BCUT2D eigenvalue weighted by Crippen LogP contribution is -2.33. The summed E-state index contributed by atoms with van der Waals surface area (Å²) in [6, 6.07) is 9.98. The molecule has 0 aromatic heterocycles. The highest BCUT2D eigenvalue weighted by Crippen LogP contribution is 2.55. The lowest BCUT2D eigenvalue weighted by atomic mass is 9.84. The molecule has 1 heteroatoms. The van der Waals surface area contributed by atoms with E-state index in [1.54, 1.807) is 0 Å². The Morgan fingerprint density at radius 2 is 1.80 bits per heavy atom. The summed E-state index contributed by atoms with van der Waals surface area (Å²) in [5, 5.41) is 3.66. The van der Waals surface area contributed by atoms with Gasteiger partial charge in [-0.1, -0.05) is 72.2 Å². The van der Waals surface area contributed by atoms with Gasteiger partial charge in [-0.25, -0.2) is 0 Å². The Morgan fingerprint density at radius 1 is 1.20 bits per heavy atom. The molecule has 0 saturated heterocycles. The van der Waals surface area contributed by atoms with Gasteiger partial charge in [-0.2, -0.15) is 0 Å². The Bertz CT molecular complexity index is 438. The molecule has 1 aromatic carbocycles. The zero-order valence-electron chi connectivity index (χ0n) is 14.1. The average molecular weight is 273 g/mol. The van der Waals surface area contributed by atoms with Crippen LogP contribution in [-0.2, 0) is 10.8 Å². The van der Waals surface area contributed by atoms with E-state index in [4.69, 9.17) is 0 Å². The minimum absolute atomic E-state index is 0.246. The molecule has 2 rings (SSSR count). The molecule has 0 spiro atoms. The minimum Gasteiger partial charge on any atom is -0.314 e. The van der Waals surface area contributed by atoms with Crippen LogP contribution in [0.2, 0.25) is 0 Å². The molecular weight excluding hydrogens is 242 g/mol. The Morgan fingerprint density at radius 3 is 2.20 bits per heavy atom. The van der Waals surface area contributed by atoms with Crippen molar-refractivity contribution in [2.75, 3.05) is 6.54 Å². The molecule has 1 fully saturated rings. The zero-order valence-corrected chi connectivity index (χ0v) is 14.1. The predicted octanol–water partition coefficient (Wildman–Crippen LogP) is 4.65. The highest BCUT2D eigenvalue weighted by molar-refractivity contribution is 5.38. The standard InChI is InChI=1S/C19H31N/c1-7-15-12-19(15,13-20-14(2)3)17-10-8-16(9-11-17)18(4,5)6/h8-11,14-15,20H,7,12-13H2,1-6H3. The SMILES string of the molecule is CCC1CC1(CNC(C)C)c1ccc(C(C)(C)C)cc1. The molecule has 0 bridgehead atoms. The van der Waals surface area contributed by atoms with Crippen LogP contribution in [0.15, 0.2) is 24.3 Å². The van der Waals surface area contributed by atoms with Crippen molar-refractivity contribution in [2.24, 2.45) is 5.92 Å². The van der Waals surface area contributed by atoms with Gasteiger partial charge in [0.1, 0.15) is 0 Å². The molecule has 1 N–H and O–H groups in total. The van der Waals surface area contributed by atoms with Crippen molar-refractivity contribution in [3.63, 3.8) is 0 Å². The van der Waals surface area contributed by atoms with Crippen LogP contribution in [0.1, 0.15) is 65.5 Å². The normalized spacial score (nSPS) is 26.1. The van der Waals surface area contributed by atoms with E-state index < -0.39 is 0 Å². The molecule has 0 radical (unpaired) electrons. The summed E-state index contributed by atoms with van der Waals surface area (Å²) in [6.07, 6.45) is 2.64. The summed E-state index contributed by atoms with van der Waals surface area (Å²) in [4.78, 5) is 0. The first-order valence-electron chi connectivity index (χ1n) is 8.14. The van der Waals surface area contributed by atoms with Crippen molar-refractivity contribution in [3.8, 4) is 0 Å². The van der Waals surface area contributed by atoms with Gasteiger partial charge in [-0.15, -0.1) is 0 Å². The lowest BCUT2D eigenvalue weighted by molar-refractivity contribution is 0.487. The maximum atomic E-state index is 3.66. The average Bonchev–Trinajstić information content (AvgIpc) is 3.10. The Balaban J connectivity index is 2.19. The van der Waals surface area contributed by atoms with Crippen LogP contribution in [0.4, 0.5) is 0 Å². The molecule has 0 amide bonds. The van der Waals surface area contributed by atoms with Crippen molar-refractivity contribution in [2.45, 2.75) is 71.3 Å². The van der Waals surface area contributed by atoms with E-state index in [-0.39, 0.29) is 5.41 Å². The quantitative estimate of drug-likeness (QED) is 0.823. The minimum atomic E-state index is 0.246. The van der Waals surface area contributed by atoms with E-state index in [0.29, 0.717) is 11.5 Å². The van der Waals surface area contributed by atoms with E-state index in [0.717, 1.165) is 12.5 Å². The number of hydrogen-bond donors (Lipinski definition) is 1. The van der Waals surface area contributed by atoms with Gasteiger partial charge in [0.25, 0.3) is 0 Å². The highest BCUT2D eigenvalue weighted by atomic mass is 14.9. The fraction of sp³-hybridized carbons (Fsp3) is 0.684. The van der Waals surface area contributed by atoms with Gasteiger partial charge >= 0.3 is 0 Å². The van der Waals surface area contributed by atoms with E-state index >= 15 is 0 Å². The lowest BCUT2D eigenvalue weighted by Gasteiger charge is -2.23. The fourth-order valence-corrected chi connectivity index (χ4v) is 3.28. The van der Waals surface area contributed by atoms with Crippen LogP contribution in [-0.4, -0.2) is 12.6 Å². The molecule has 1 aliphatic rings. The van der Waals surface area contributed by atoms with Gasteiger partial charge in [-0.3, -0.25) is 0 Å². The Hall–Kier alpha value is -0.820. The number of benzene rings is 1. The number of hydrogen-bond acceptors (Lipinski definition) is 1. The summed E-state index contributed by atoms with van der Waals surface area (Å²) in [5.74, 6) is 0.856. The van der Waals surface area contributed by atoms with Crippen molar-refractivity contribution in [1.29, 1.82) is 0 Å². The Kier molecular flexibility index (Phi) is 4.30. The third-order valence-electron chi connectivity index (χ3n) is 4.88. The highest BCUT2D eigenvalue weighted by Gasteiger charge is 2.53. The van der Waals surface area contributed by atoms with Crippen LogP contribution < -0.4 is 5.32 Å². The smallest absolute Gasteiger partial charge is 0.0109 e. The maximum absolute atomic E-state index is 3.66. The molecule has 112 valence electrons. The molecular formula is C19H31N. The van der Waals surface area contributed by atoms with Crippen LogP contribution in [0.5, 0.6) is 0 Å². The van der Waals surface area contributed by atoms with Gasteiger partial charge in [0.2, 0.25) is 0 Å². The van der Waals surface area contributed by atoms with Gasteiger partial charge in [-0.05, 0) is 28.9 Å². The van der Waals surface area contributed by atoms with Gasteiger partial charge in [0.15, 0.2) is 0 Å². The van der Waals surface area contributed by atoms with Crippen molar-refractivity contribution in [3.05, 3.63) is 35.4 Å². The van der Waals surface area contributed by atoms with E-state index in [9.17, 15) is 0 Å². The van der Waals surface area contributed by atoms with Crippen LogP contribution in [0.3, 0.4) is 0 Å². The molecule has 0 heterocycles.